The van der Waals surface area contributed by atoms with Gasteiger partial charge in [-0.15, -0.1) is 0 Å². The maximum atomic E-state index is 11.9. The Labute approximate surface area is 114 Å². The molecule has 1 unspecified atom stereocenters. The Morgan fingerprint density at radius 1 is 1.32 bits per heavy atom. The van der Waals surface area contributed by atoms with Gasteiger partial charge < -0.3 is 20.2 Å². The third kappa shape index (κ3) is 3.83. The fraction of sp³-hybridized carbons (Fsp3) is 0.846. The van der Waals surface area contributed by atoms with E-state index in [1.54, 1.807) is 14.0 Å². The lowest BCUT2D eigenvalue weighted by Gasteiger charge is -2.47. The number of nitrogens with one attached hydrogen (secondary N) is 1. The summed E-state index contributed by atoms with van der Waals surface area (Å²) >= 11 is 0. The number of hydrogen-bond acceptors (Lipinski definition) is 3. The van der Waals surface area contributed by atoms with Gasteiger partial charge in [0.05, 0.1) is 5.92 Å². The Morgan fingerprint density at radius 2 is 1.89 bits per heavy atom. The second-order valence-electron chi connectivity index (χ2n) is 5.75. The molecular formula is C13H25N3O3. The van der Waals surface area contributed by atoms with Crippen molar-refractivity contribution in [1.29, 1.82) is 0 Å². The van der Waals surface area contributed by atoms with Gasteiger partial charge in [0.15, 0.2) is 0 Å². The normalized spacial score (nSPS) is 18.6. The summed E-state index contributed by atoms with van der Waals surface area (Å²) in [4.78, 5) is 26.3. The van der Waals surface area contributed by atoms with Crippen molar-refractivity contribution in [2.24, 2.45) is 5.92 Å². The van der Waals surface area contributed by atoms with Gasteiger partial charge in [0.1, 0.15) is 0 Å². The van der Waals surface area contributed by atoms with Crippen LogP contribution in [0, 0.1) is 5.92 Å². The van der Waals surface area contributed by atoms with Gasteiger partial charge in [-0.05, 0) is 33.4 Å². The molecular weight excluding hydrogens is 246 g/mol. The van der Waals surface area contributed by atoms with Crippen LogP contribution in [0.4, 0.5) is 4.79 Å². The van der Waals surface area contributed by atoms with Gasteiger partial charge >= 0.3 is 12.0 Å². The summed E-state index contributed by atoms with van der Waals surface area (Å²) in [6, 6.07) is -0.207. The van der Waals surface area contributed by atoms with Crippen molar-refractivity contribution in [2.75, 3.05) is 34.2 Å². The molecule has 0 aromatic carbocycles. The molecule has 6 nitrogen and oxygen atoms in total. The number of rotatable bonds is 6. The molecule has 2 amide bonds. The van der Waals surface area contributed by atoms with Gasteiger partial charge in [0.2, 0.25) is 0 Å². The third-order valence-corrected chi connectivity index (χ3v) is 4.12. The average molecular weight is 271 g/mol. The molecule has 1 fully saturated rings. The molecule has 1 aliphatic rings. The van der Waals surface area contributed by atoms with Crippen LogP contribution in [0.25, 0.3) is 0 Å². The van der Waals surface area contributed by atoms with Crippen molar-refractivity contribution >= 4 is 12.0 Å². The number of carbonyl (C=O) groups excluding carboxylic acids is 1. The Hall–Kier alpha value is -1.30. The number of aliphatic carboxylic acids is 1. The van der Waals surface area contributed by atoms with E-state index in [0.29, 0.717) is 6.54 Å². The first kappa shape index (κ1) is 15.8. The summed E-state index contributed by atoms with van der Waals surface area (Å²) in [5, 5.41) is 11.7. The van der Waals surface area contributed by atoms with Gasteiger partial charge in [-0.3, -0.25) is 4.79 Å². The Morgan fingerprint density at radius 3 is 2.26 bits per heavy atom. The van der Waals surface area contributed by atoms with Crippen molar-refractivity contribution in [2.45, 2.75) is 31.7 Å². The molecule has 110 valence electrons. The van der Waals surface area contributed by atoms with Crippen LogP contribution in [-0.2, 0) is 4.79 Å². The van der Waals surface area contributed by atoms with Gasteiger partial charge in [0.25, 0.3) is 0 Å². The number of urea groups is 1. The monoisotopic (exact) mass is 271 g/mol. The summed E-state index contributed by atoms with van der Waals surface area (Å²) < 4.78 is 0. The van der Waals surface area contributed by atoms with Crippen molar-refractivity contribution in [3.8, 4) is 0 Å². The number of hydrogen-bond donors (Lipinski definition) is 2. The fourth-order valence-electron chi connectivity index (χ4n) is 2.31. The van der Waals surface area contributed by atoms with Crippen molar-refractivity contribution in [1.82, 2.24) is 15.1 Å². The predicted octanol–water partition coefficient (Wildman–Crippen LogP) is 0.833. The summed E-state index contributed by atoms with van der Waals surface area (Å²) in [6.07, 6.45) is 3.38. The van der Waals surface area contributed by atoms with E-state index in [0.717, 1.165) is 12.8 Å². The van der Waals surface area contributed by atoms with Crippen LogP contribution in [0.2, 0.25) is 0 Å². The van der Waals surface area contributed by atoms with Crippen molar-refractivity contribution in [3.63, 3.8) is 0 Å². The SMILES string of the molecule is CC(CN(C)C(=O)NCC1(N(C)C)CCC1)C(=O)O. The van der Waals surface area contributed by atoms with E-state index < -0.39 is 11.9 Å². The Balaban J connectivity index is 2.40. The van der Waals surface area contributed by atoms with Crippen LogP contribution in [0.1, 0.15) is 26.2 Å². The molecule has 6 heteroatoms. The van der Waals surface area contributed by atoms with Crippen LogP contribution < -0.4 is 5.32 Å². The summed E-state index contributed by atoms with van der Waals surface area (Å²) in [5.41, 5.74) is 0.0783. The standard InChI is InChI=1S/C13H25N3O3/c1-10(11(17)18)8-16(4)12(19)14-9-13(15(2)3)6-5-7-13/h10H,5-9H2,1-4H3,(H,14,19)(H,17,18). The molecule has 1 atom stereocenters. The summed E-state index contributed by atoms with van der Waals surface area (Å²) in [5.74, 6) is -1.44. The highest BCUT2D eigenvalue weighted by atomic mass is 16.4. The molecule has 1 aliphatic carbocycles. The number of amides is 2. The maximum absolute atomic E-state index is 11.9. The zero-order valence-electron chi connectivity index (χ0n) is 12.3. The van der Waals surface area contributed by atoms with Crippen LogP contribution in [0.3, 0.4) is 0 Å². The first-order valence-electron chi connectivity index (χ1n) is 6.68. The smallest absolute Gasteiger partial charge is 0.317 e. The number of carbonyl (C=O) groups is 2. The van der Waals surface area contributed by atoms with Crippen LogP contribution in [0.5, 0.6) is 0 Å². The average Bonchev–Trinajstić information content (AvgIpc) is 2.26. The number of nitrogens with zero attached hydrogens (tertiary/aromatic N) is 2. The van der Waals surface area contributed by atoms with E-state index in [1.165, 1.54) is 11.3 Å². The minimum absolute atomic E-state index is 0.0783. The first-order chi connectivity index (χ1) is 8.78. The first-order valence-corrected chi connectivity index (χ1v) is 6.68. The lowest BCUT2D eigenvalue weighted by atomic mass is 9.75. The van der Waals surface area contributed by atoms with E-state index in [1.807, 2.05) is 14.1 Å². The van der Waals surface area contributed by atoms with Crippen LogP contribution in [-0.4, -0.2) is 66.7 Å². The highest BCUT2D eigenvalue weighted by Crippen LogP contribution is 2.35. The van der Waals surface area contributed by atoms with Gasteiger partial charge in [0, 0.05) is 25.7 Å². The molecule has 0 aromatic rings. The second-order valence-corrected chi connectivity index (χ2v) is 5.75. The lowest BCUT2D eigenvalue weighted by molar-refractivity contribution is -0.141. The highest BCUT2D eigenvalue weighted by Gasteiger charge is 2.39. The van der Waals surface area contributed by atoms with E-state index in [4.69, 9.17) is 5.11 Å². The number of carboxylic acids is 1. The minimum atomic E-state index is -0.886. The van der Waals surface area contributed by atoms with Crippen molar-refractivity contribution < 1.29 is 14.7 Å². The molecule has 0 aliphatic heterocycles. The van der Waals surface area contributed by atoms with Gasteiger partial charge in [-0.2, -0.15) is 0 Å². The highest BCUT2D eigenvalue weighted by molar-refractivity contribution is 5.75. The molecule has 0 bridgehead atoms. The quantitative estimate of drug-likeness (QED) is 0.750. The summed E-state index contributed by atoms with van der Waals surface area (Å²) in [7, 11) is 5.68. The zero-order chi connectivity index (χ0) is 14.6. The molecule has 0 spiro atoms. The van der Waals surface area contributed by atoms with E-state index in [9.17, 15) is 9.59 Å². The number of carboxylic acid groups (broad SMARTS) is 1. The topological polar surface area (TPSA) is 72.9 Å². The van der Waals surface area contributed by atoms with E-state index >= 15 is 0 Å². The van der Waals surface area contributed by atoms with Crippen LogP contribution >= 0.6 is 0 Å². The molecule has 0 saturated heterocycles. The largest absolute Gasteiger partial charge is 0.481 e. The van der Waals surface area contributed by atoms with Gasteiger partial charge in [-0.25, -0.2) is 4.79 Å². The molecule has 0 aromatic heterocycles. The minimum Gasteiger partial charge on any atom is -0.481 e. The number of likely N-dealkylation sites (N-methyl/N-ethyl adjacent to an activating group) is 1. The molecule has 1 saturated carbocycles. The molecule has 2 N–H and O–H groups in total. The van der Waals surface area contributed by atoms with Crippen LogP contribution in [0.15, 0.2) is 0 Å². The molecule has 19 heavy (non-hydrogen) atoms. The zero-order valence-corrected chi connectivity index (χ0v) is 12.3. The Kier molecular flexibility index (Phi) is 5.17. The maximum Gasteiger partial charge on any atom is 0.317 e. The third-order valence-electron chi connectivity index (χ3n) is 4.12. The predicted molar refractivity (Wildman–Crippen MR) is 73.1 cm³/mol. The Bertz CT molecular complexity index is 340. The fourth-order valence-corrected chi connectivity index (χ4v) is 2.31. The molecule has 0 heterocycles. The van der Waals surface area contributed by atoms with E-state index in [2.05, 4.69) is 10.2 Å². The molecule has 1 rings (SSSR count). The van der Waals surface area contributed by atoms with Gasteiger partial charge in [-0.1, -0.05) is 6.92 Å². The second kappa shape index (κ2) is 6.23. The summed E-state index contributed by atoms with van der Waals surface area (Å²) in [6.45, 7) is 2.43. The van der Waals surface area contributed by atoms with Crippen molar-refractivity contribution in [3.05, 3.63) is 0 Å². The lowest BCUT2D eigenvalue weighted by Crippen LogP contribution is -2.58. The van der Waals surface area contributed by atoms with E-state index in [-0.39, 0.29) is 18.1 Å². The molecule has 0 radical (unpaired) electrons.